The first-order valence-electron chi connectivity index (χ1n) is 6.67. The summed E-state index contributed by atoms with van der Waals surface area (Å²) in [5.41, 5.74) is 1.04. The molecule has 0 fully saturated rings. The fourth-order valence-corrected chi connectivity index (χ4v) is 3.50. The number of hydrogen-bond donors (Lipinski definition) is 0. The number of hydrogen-bond acceptors (Lipinski definition) is 4. The summed E-state index contributed by atoms with van der Waals surface area (Å²) < 4.78 is 27.2. The van der Waals surface area contributed by atoms with Crippen LogP contribution in [0.1, 0.15) is 11.1 Å². The van der Waals surface area contributed by atoms with E-state index < -0.39 is 14.9 Å². The fourth-order valence-electron chi connectivity index (χ4n) is 2.06. The molecule has 2 aromatic rings. The van der Waals surface area contributed by atoms with Crippen molar-refractivity contribution < 1.29 is 13.3 Å². The van der Waals surface area contributed by atoms with Crippen LogP contribution in [0.25, 0.3) is 0 Å². The highest BCUT2D eigenvalue weighted by atomic mass is 79.9. The zero-order valence-corrected chi connectivity index (χ0v) is 15.0. The second kappa shape index (κ2) is 6.77. The Bertz CT molecular complexity index is 835. The van der Waals surface area contributed by atoms with E-state index in [-0.39, 0.29) is 17.1 Å². The maximum Gasteiger partial charge on any atom is 0.273 e. The predicted molar refractivity (Wildman–Crippen MR) is 90.6 cm³/mol. The minimum absolute atomic E-state index is 0.0885. The molecule has 2 rings (SSSR count). The van der Waals surface area contributed by atoms with Gasteiger partial charge in [-0.1, -0.05) is 34.1 Å². The van der Waals surface area contributed by atoms with Gasteiger partial charge in [0.25, 0.3) is 5.69 Å². The Morgan fingerprint density at radius 2 is 1.78 bits per heavy atom. The minimum atomic E-state index is -3.80. The van der Waals surface area contributed by atoms with Gasteiger partial charge >= 0.3 is 0 Å². The Labute approximate surface area is 143 Å². The average molecular weight is 399 g/mol. The summed E-state index contributed by atoms with van der Waals surface area (Å²) in [5.74, 6) is 0. The molecular weight excluding hydrogens is 384 g/mol. The summed E-state index contributed by atoms with van der Waals surface area (Å²) in [7, 11) is -2.36. The van der Waals surface area contributed by atoms with Gasteiger partial charge in [-0.2, -0.15) is 4.31 Å². The van der Waals surface area contributed by atoms with Crippen molar-refractivity contribution in [2.24, 2.45) is 0 Å². The van der Waals surface area contributed by atoms with E-state index in [1.54, 1.807) is 6.92 Å². The van der Waals surface area contributed by atoms with Gasteiger partial charge in [0.1, 0.15) is 0 Å². The van der Waals surface area contributed by atoms with Gasteiger partial charge in [0.2, 0.25) is 10.0 Å². The highest BCUT2D eigenvalue weighted by molar-refractivity contribution is 9.10. The summed E-state index contributed by atoms with van der Waals surface area (Å²) in [6.07, 6.45) is 0. The molecule has 0 aliphatic rings. The number of rotatable bonds is 5. The van der Waals surface area contributed by atoms with E-state index in [2.05, 4.69) is 15.9 Å². The second-order valence-corrected chi connectivity index (χ2v) is 8.05. The molecule has 0 heterocycles. The molecule has 0 N–H and O–H groups in total. The van der Waals surface area contributed by atoms with Crippen molar-refractivity contribution in [3.63, 3.8) is 0 Å². The Morgan fingerprint density at radius 1 is 1.17 bits per heavy atom. The second-order valence-electron chi connectivity index (χ2n) is 5.09. The van der Waals surface area contributed by atoms with Crippen LogP contribution in [0.4, 0.5) is 5.69 Å². The van der Waals surface area contributed by atoms with Gasteiger partial charge in [0.05, 0.1) is 9.82 Å². The molecule has 0 bridgehead atoms. The molecule has 0 unspecified atom stereocenters. The third-order valence-corrected chi connectivity index (χ3v) is 5.73. The molecule has 0 atom stereocenters. The van der Waals surface area contributed by atoms with Crippen molar-refractivity contribution in [2.75, 3.05) is 7.05 Å². The van der Waals surface area contributed by atoms with E-state index in [1.165, 1.54) is 23.5 Å². The standard InChI is InChI=1S/C15H15BrN2O4S/c1-11-3-8-14(9-15(11)18(19)20)23(21,22)17(2)10-12-4-6-13(16)7-5-12/h3-9H,10H2,1-2H3. The normalized spacial score (nSPS) is 11.7. The molecule has 6 nitrogen and oxygen atoms in total. The van der Waals surface area contributed by atoms with Gasteiger partial charge < -0.3 is 0 Å². The van der Waals surface area contributed by atoms with Crippen LogP contribution in [0.5, 0.6) is 0 Å². The molecule has 0 radical (unpaired) electrons. The molecule has 0 saturated heterocycles. The van der Waals surface area contributed by atoms with Gasteiger partial charge in [-0.05, 0) is 30.7 Å². The molecule has 2 aromatic carbocycles. The van der Waals surface area contributed by atoms with Crippen molar-refractivity contribution in [1.82, 2.24) is 4.31 Å². The number of halogens is 1. The average Bonchev–Trinajstić information content (AvgIpc) is 2.49. The van der Waals surface area contributed by atoms with Crippen molar-refractivity contribution in [3.05, 3.63) is 68.2 Å². The third kappa shape index (κ3) is 3.95. The van der Waals surface area contributed by atoms with Crippen LogP contribution in [0.3, 0.4) is 0 Å². The third-order valence-electron chi connectivity index (χ3n) is 3.40. The van der Waals surface area contributed by atoms with Crippen molar-refractivity contribution in [1.29, 1.82) is 0 Å². The van der Waals surface area contributed by atoms with Gasteiger partial charge in [-0.25, -0.2) is 8.42 Å². The lowest BCUT2D eigenvalue weighted by molar-refractivity contribution is -0.385. The highest BCUT2D eigenvalue weighted by Gasteiger charge is 2.24. The summed E-state index contributed by atoms with van der Waals surface area (Å²) in [5, 5.41) is 11.0. The predicted octanol–water partition coefficient (Wildman–Crippen LogP) is 3.49. The van der Waals surface area contributed by atoms with Crippen LogP contribution in [0, 0.1) is 17.0 Å². The van der Waals surface area contributed by atoms with E-state index in [4.69, 9.17) is 0 Å². The van der Waals surface area contributed by atoms with E-state index in [0.717, 1.165) is 16.1 Å². The van der Waals surface area contributed by atoms with E-state index in [9.17, 15) is 18.5 Å². The molecule has 0 aromatic heterocycles. The smallest absolute Gasteiger partial charge is 0.258 e. The lowest BCUT2D eigenvalue weighted by Gasteiger charge is -2.17. The largest absolute Gasteiger partial charge is 0.273 e. The Morgan fingerprint density at radius 3 is 2.35 bits per heavy atom. The van der Waals surface area contributed by atoms with Crippen LogP contribution in [-0.2, 0) is 16.6 Å². The summed E-state index contributed by atoms with van der Waals surface area (Å²) in [6, 6.07) is 11.2. The Kier molecular flexibility index (Phi) is 5.18. The van der Waals surface area contributed by atoms with Crippen molar-refractivity contribution in [3.8, 4) is 0 Å². The molecule has 0 saturated carbocycles. The lowest BCUT2D eigenvalue weighted by atomic mass is 10.2. The molecule has 0 amide bonds. The molecule has 8 heteroatoms. The Hall–Kier alpha value is -1.77. The number of sulfonamides is 1. The van der Waals surface area contributed by atoms with Gasteiger partial charge in [0.15, 0.2) is 0 Å². The quantitative estimate of drug-likeness (QED) is 0.570. The minimum Gasteiger partial charge on any atom is -0.258 e. The SMILES string of the molecule is Cc1ccc(S(=O)(=O)N(C)Cc2ccc(Br)cc2)cc1[N+](=O)[O-]. The van der Waals surface area contributed by atoms with Crippen LogP contribution in [0.15, 0.2) is 51.8 Å². The van der Waals surface area contributed by atoms with E-state index in [1.807, 2.05) is 24.3 Å². The maximum absolute atomic E-state index is 12.6. The molecule has 122 valence electrons. The fraction of sp³-hybridized carbons (Fsp3) is 0.200. The topological polar surface area (TPSA) is 80.5 Å². The molecular formula is C15H15BrN2O4S. The van der Waals surface area contributed by atoms with Crippen LogP contribution >= 0.6 is 15.9 Å². The lowest BCUT2D eigenvalue weighted by Crippen LogP contribution is -2.26. The van der Waals surface area contributed by atoms with Crippen molar-refractivity contribution in [2.45, 2.75) is 18.4 Å². The van der Waals surface area contributed by atoms with E-state index in [0.29, 0.717) is 5.56 Å². The first-order valence-corrected chi connectivity index (χ1v) is 8.91. The first kappa shape index (κ1) is 17.6. The van der Waals surface area contributed by atoms with Gasteiger partial charge in [-0.15, -0.1) is 0 Å². The van der Waals surface area contributed by atoms with Crippen molar-refractivity contribution >= 4 is 31.6 Å². The summed E-state index contributed by atoms with van der Waals surface area (Å²) in [6.45, 7) is 1.75. The van der Waals surface area contributed by atoms with Crippen LogP contribution in [-0.4, -0.2) is 24.7 Å². The van der Waals surface area contributed by atoms with Crippen LogP contribution in [0.2, 0.25) is 0 Å². The van der Waals surface area contributed by atoms with Gasteiger partial charge in [-0.3, -0.25) is 10.1 Å². The Balaban J connectivity index is 2.32. The van der Waals surface area contributed by atoms with Gasteiger partial charge in [0, 0.05) is 29.7 Å². The number of nitrogens with zero attached hydrogens (tertiary/aromatic N) is 2. The zero-order chi connectivity index (χ0) is 17.2. The molecule has 0 spiro atoms. The monoisotopic (exact) mass is 398 g/mol. The molecule has 23 heavy (non-hydrogen) atoms. The number of aryl methyl sites for hydroxylation is 1. The molecule has 0 aliphatic heterocycles. The highest BCUT2D eigenvalue weighted by Crippen LogP contribution is 2.25. The number of nitro benzene ring substituents is 1. The summed E-state index contributed by atoms with van der Waals surface area (Å²) >= 11 is 3.32. The molecule has 0 aliphatic carbocycles. The summed E-state index contributed by atoms with van der Waals surface area (Å²) in [4.78, 5) is 10.3. The zero-order valence-electron chi connectivity index (χ0n) is 12.6. The maximum atomic E-state index is 12.6. The van der Waals surface area contributed by atoms with Crippen LogP contribution < -0.4 is 0 Å². The van der Waals surface area contributed by atoms with E-state index >= 15 is 0 Å². The number of nitro groups is 1. The number of benzene rings is 2. The first-order chi connectivity index (χ1) is 10.7.